The van der Waals surface area contributed by atoms with E-state index in [1.54, 1.807) is 28.9 Å². The quantitative estimate of drug-likeness (QED) is 0.250. The van der Waals surface area contributed by atoms with Crippen molar-refractivity contribution < 1.29 is 4.79 Å². The van der Waals surface area contributed by atoms with Gasteiger partial charge in [0, 0.05) is 33.7 Å². The molecule has 0 fully saturated rings. The number of nitrogens with zero attached hydrogens (tertiary/aromatic N) is 4. The van der Waals surface area contributed by atoms with E-state index in [4.69, 9.17) is 34.8 Å². The molecule has 11 heteroatoms. The van der Waals surface area contributed by atoms with Crippen molar-refractivity contribution >= 4 is 63.4 Å². The first-order chi connectivity index (χ1) is 15.2. The van der Waals surface area contributed by atoms with Crippen LogP contribution in [0.25, 0.3) is 22.3 Å². The Morgan fingerprint density at radius 3 is 2.41 bits per heavy atom. The van der Waals surface area contributed by atoms with Crippen LogP contribution in [0.1, 0.15) is 11.3 Å². The number of urea groups is 1. The van der Waals surface area contributed by atoms with Gasteiger partial charge in [0.05, 0.1) is 11.4 Å². The summed E-state index contributed by atoms with van der Waals surface area (Å²) in [5.41, 5.74) is 9.62. The molecule has 0 saturated heterocycles. The fourth-order valence-electron chi connectivity index (χ4n) is 3.43. The number of carbonyl (C=O) groups is 1. The molecule has 0 aliphatic carbocycles. The number of anilines is 2. The zero-order chi connectivity index (χ0) is 23.0. The van der Waals surface area contributed by atoms with Gasteiger partial charge >= 0.3 is 6.03 Å². The smallest absolute Gasteiger partial charge is 0.306 e. The summed E-state index contributed by atoms with van der Waals surface area (Å²) in [6, 6.07) is 9.56. The molecule has 164 valence electrons. The number of carbonyl (C=O) groups excluding carboxylic acids is 1. The minimum atomic E-state index is -0.511. The summed E-state index contributed by atoms with van der Waals surface area (Å²) in [7, 11) is 1.82. The summed E-state index contributed by atoms with van der Waals surface area (Å²) in [4.78, 5) is 21.2. The summed E-state index contributed by atoms with van der Waals surface area (Å²) in [5, 5.41) is 9.23. The van der Waals surface area contributed by atoms with Crippen LogP contribution in [0.3, 0.4) is 0 Å². The molecule has 0 saturated carbocycles. The van der Waals surface area contributed by atoms with E-state index in [0.717, 1.165) is 22.3 Å². The van der Waals surface area contributed by atoms with Gasteiger partial charge in [-0.2, -0.15) is 5.10 Å². The second-order valence-electron chi connectivity index (χ2n) is 7.16. The van der Waals surface area contributed by atoms with Crippen molar-refractivity contribution in [2.24, 2.45) is 7.05 Å². The molecule has 1 aromatic carbocycles. The van der Waals surface area contributed by atoms with Crippen LogP contribution < -0.4 is 16.2 Å². The van der Waals surface area contributed by atoms with Crippen LogP contribution in [-0.2, 0) is 7.05 Å². The van der Waals surface area contributed by atoms with Crippen LogP contribution >= 0.6 is 34.8 Å². The summed E-state index contributed by atoms with van der Waals surface area (Å²) in [6.45, 7) is 3.90. The highest BCUT2D eigenvalue weighted by molar-refractivity contribution is 6.35. The molecule has 0 radical (unpaired) electrons. The number of hydrazine groups is 1. The van der Waals surface area contributed by atoms with E-state index in [9.17, 15) is 4.79 Å². The molecule has 4 rings (SSSR count). The molecule has 0 atom stereocenters. The molecule has 3 N–H and O–H groups in total. The molecule has 32 heavy (non-hydrogen) atoms. The van der Waals surface area contributed by atoms with Gasteiger partial charge in [0.25, 0.3) is 0 Å². The first-order valence-corrected chi connectivity index (χ1v) is 10.6. The van der Waals surface area contributed by atoms with Crippen LogP contribution in [0, 0.1) is 13.8 Å². The normalized spacial score (nSPS) is 10.9. The van der Waals surface area contributed by atoms with Crippen LogP contribution in [0.15, 0.2) is 36.4 Å². The maximum atomic E-state index is 12.4. The minimum absolute atomic E-state index is 0.205. The number of nitrogens with one attached hydrogen (secondary N) is 3. The van der Waals surface area contributed by atoms with Crippen molar-refractivity contribution in [3.05, 3.63) is 62.9 Å². The fourth-order valence-corrected chi connectivity index (χ4v) is 4.16. The van der Waals surface area contributed by atoms with Crippen LogP contribution in [-0.4, -0.2) is 25.8 Å². The van der Waals surface area contributed by atoms with Crippen molar-refractivity contribution in [1.82, 2.24) is 25.2 Å². The van der Waals surface area contributed by atoms with Crippen molar-refractivity contribution in [2.75, 3.05) is 10.7 Å². The average molecular weight is 491 g/mol. The number of benzene rings is 1. The van der Waals surface area contributed by atoms with E-state index >= 15 is 0 Å². The number of hydrogen-bond donors (Lipinski definition) is 3. The van der Waals surface area contributed by atoms with Crippen molar-refractivity contribution in [3.8, 4) is 11.3 Å². The van der Waals surface area contributed by atoms with E-state index in [1.165, 1.54) is 6.07 Å². The van der Waals surface area contributed by atoms with Crippen LogP contribution in [0.5, 0.6) is 0 Å². The predicted octanol–water partition coefficient (Wildman–Crippen LogP) is 5.76. The largest absolute Gasteiger partial charge is 0.337 e. The highest BCUT2D eigenvalue weighted by Gasteiger charge is 2.12. The SMILES string of the molecule is Cc1cc(NNC(=O)Nc2cc(Cl)nc(-c3cc(Cl)cc(Cl)c3)c2)nc2c1c(C)nn2C. The van der Waals surface area contributed by atoms with E-state index in [2.05, 4.69) is 31.2 Å². The average Bonchev–Trinajstić information content (AvgIpc) is 2.99. The molecule has 4 aromatic rings. The molecule has 3 heterocycles. The number of rotatable bonds is 4. The van der Waals surface area contributed by atoms with E-state index in [1.807, 2.05) is 27.0 Å². The zero-order valence-electron chi connectivity index (χ0n) is 17.3. The molecule has 3 aromatic heterocycles. The molecule has 2 amide bonds. The number of amides is 2. The third kappa shape index (κ3) is 4.72. The van der Waals surface area contributed by atoms with Crippen molar-refractivity contribution in [1.29, 1.82) is 0 Å². The maximum Gasteiger partial charge on any atom is 0.337 e. The Morgan fingerprint density at radius 2 is 1.69 bits per heavy atom. The lowest BCUT2D eigenvalue weighted by Crippen LogP contribution is -2.34. The summed E-state index contributed by atoms with van der Waals surface area (Å²) in [6.07, 6.45) is 0. The fraction of sp³-hybridized carbons (Fsp3) is 0.143. The lowest BCUT2D eigenvalue weighted by molar-refractivity contribution is 0.254. The number of fused-ring (bicyclic) bond motifs is 1. The van der Waals surface area contributed by atoms with Crippen molar-refractivity contribution in [2.45, 2.75) is 13.8 Å². The number of pyridine rings is 2. The molecule has 0 bridgehead atoms. The van der Waals surface area contributed by atoms with Crippen LogP contribution in [0.4, 0.5) is 16.3 Å². The minimum Gasteiger partial charge on any atom is -0.306 e. The van der Waals surface area contributed by atoms with Gasteiger partial charge in [-0.05, 0) is 55.8 Å². The molecule has 0 aliphatic rings. The summed E-state index contributed by atoms with van der Waals surface area (Å²) >= 11 is 18.3. The number of halogens is 3. The maximum absolute atomic E-state index is 12.4. The highest BCUT2D eigenvalue weighted by atomic mass is 35.5. The lowest BCUT2D eigenvalue weighted by Gasteiger charge is -2.12. The van der Waals surface area contributed by atoms with Gasteiger partial charge in [-0.25, -0.2) is 14.8 Å². The van der Waals surface area contributed by atoms with Gasteiger partial charge in [-0.1, -0.05) is 34.8 Å². The number of aromatic nitrogens is 4. The lowest BCUT2D eigenvalue weighted by atomic mass is 10.1. The highest BCUT2D eigenvalue weighted by Crippen LogP contribution is 2.29. The molecule has 0 aliphatic heterocycles. The molecule has 8 nitrogen and oxygen atoms in total. The molecular formula is C21H18Cl3N7O. The monoisotopic (exact) mass is 489 g/mol. The van der Waals surface area contributed by atoms with Gasteiger partial charge in [-0.15, -0.1) is 0 Å². The number of aryl methyl sites for hydroxylation is 3. The molecular weight excluding hydrogens is 473 g/mol. The Morgan fingerprint density at radius 1 is 0.969 bits per heavy atom. The van der Waals surface area contributed by atoms with Gasteiger partial charge < -0.3 is 5.32 Å². The van der Waals surface area contributed by atoms with Gasteiger partial charge in [0.1, 0.15) is 11.0 Å². The van der Waals surface area contributed by atoms with Crippen molar-refractivity contribution in [3.63, 3.8) is 0 Å². The summed E-state index contributed by atoms with van der Waals surface area (Å²) < 4.78 is 1.70. The summed E-state index contributed by atoms with van der Waals surface area (Å²) in [5.74, 6) is 0.482. The second-order valence-corrected chi connectivity index (χ2v) is 8.42. The Labute approximate surface area is 198 Å². The van der Waals surface area contributed by atoms with Crippen LogP contribution in [0.2, 0.25) is 15.2 Å². The number of hydrogen-bond acceptors (Lipinski definition) is 5. The van der Waals surface area contributed by atoms with E-state index < -0.39 is 6.03 Å². The standard InChI is InChI=1S/C21H18Cl3N7O/c1-10-4-18(27-20-19(10)11(2)30-31(20)3)28-29-21(32)25-15-8-16(26-17(24)9-15)12-5-13(22)7-14(23)6-12/h4-9H,1-3H3,(H,27,28)(H2,25,26,29,32). The van der Waals surface area contributed by atoms with Gasteiger partial charge in [0.2, 0.25) is 0 Å². The Bertz CT molecular complexity index is 1330. The zero-order valence-corrected chi connectivity index (χ0v) is 19.6. The predicted molar refractivity (Wildman–Crippen MR) is 128 cm³/mol. The molecule has 0 unspecified atom stereocenters. The Hall–Kier alpha value is -3.07. The van der Waals surface area contributed by atoms with Gasteiger partial charge in [0.15, 0.2) is 5.65 Å². The molecule has 0 spiro atoms. The van der Waals surface area contributed by atoms with E-state index in [0.29, 0.717) is 32.8 Å². The third-order valence-corrected chi connectivity index (χ3v) is 5.31. The first kappa shape index (κ1) is 22.1. The Kier molecular flexibility index (Phi) is 6.10. The Balaban J connectivity index is 1.49. The first-order valence-electron chi connectivity index (χ1n) is 9.47. The second kappa shape index (κ2) is 8.82. The topological polar surface area (TPSA) is 96.8 Å². The van der Waals surface area contributed by atoms with E-state index in [-0.39, 0.29) is 5.15 Å². The third-order valence-electron chi connectivity index (χ3n) is 4.68. The van der Waals surface area contributed by atoms with Gasteiger partial charge in [-0.3, -0.25) is 15.5 Å².